The second kappa shape index (κ2) is 7.96. The summed E-state index contributed by atoms with van der Waals surface area (Å²) >= 11 is 3.31. The molecule has 0 bridgehead atoms. The Balaban J connectivity index is 0.00000200. The number of rotatable bonds is 3. The number of hydrogen-bond acceptors (Lipinski definition) is 3. The predicted molar refractivity (Wildman–Crippen MR) is 86.9 cm³/mol. The normalized spacial score (nSPS) is 23.6. The molecule has 0 unspecified atom stereocenters. The number of carbonyl (C=O) groups excluding carboxylic acids is 1. The van der Waals surface area contributed by atoms with E-state index in [9.17, 15) is 4.79 Å². The number of pyridine rings is 1. The fourth-order valence-corrected chi connectivity index (χ4v) is 2.75. The minimum Gasteiger partial charge on any atom is -0.320 e. The molecule has 0 aliphatic heterocycles. The maximum atomic E-state index is 12.1. The number of aromatic nitrogens is 1. The molecule has 3 N–H and O–H groups in total. The summed E-state index contributed by atoms with van der Waals surface area (Å²) in [6.45, 7) is 2.26. The van der Waals surface area contributed by atoms with Gasteiger partial charge in [0.25, 0.3) is 0 Å². The highest BCUT2D eigenvalue weighted by atomic mass is 79.9. The van der Waals surface area contributed by atoms with Crippen molar-refractivity contribution in [3.05, 3.63) is 22.8 Å². The van der Waals surface area contributed by atoms with Crippen molar-refractivity contribution in [3.63, 3.8) is 0 Å². The molecular weight excluding hydrogens is 342 g/mol. The molecule has 2 rings (SSSR count). The van der Waals surface area contributed by atoms with Gasteiger partial charge in [-0.1, -0.05) is 19.8 Å². The quantitative estimate of drug-likeness (QED) is 0.866. The van der Waals surface area contributed by atoms with Crippen LogP contribution in [0, 0.1) is 11.8 Å². The smallest absolute Gasteiger partial charge is 0.242 e. The monoisotopic (exact) mass is 361 g/mol. The Morgan fingerprint density at radius 3 is 2.60 bits per heavy atom. The van der Waals surface area contributed by atoms with Crippen molar-refractivity contribution >= 4 is 40.1 Å². The third-order valence-electron chi connectivity index (χ3n) is 3.85. The first-order valence-corrected chi connectivity index (χ1v) is 7.53. The highest BCUT2D eigenvalue weighted by molar-refractivity contribution is 9.10. The average Bonchev–Trinajstić information content (AvgIpc) is 2.41. The second-order valence-corrected chi connectivity index (χ2v) is 6.31. The number of hydrogen-bond donors (Lipinski definition) is 2. The highest BCUT2D eigenvalue weighted by Crippen LogP contribution is 2.30. The molecule has 0 spiro atoms. The lowest BCUT2D eigenvalue weighted by atomic mass is 9.79. The first-order chi connectivity index (χ1) is 9.06. The molecule has 0 aromatic carbocycles. The molecule has 1 aliphatic carbocycles. The van der Waals surface area contributed by atoms with E-state index < -0.39 is 6.04 Å². The zero-order valence-corrected chi connectivity index (χ0v) is 13.9. The average molecular weight is 363 g/mol. The van der Waals surface area contributed by atoms with E-state index in [1.165, 1.54) is 12.8 Å². The Labute approximate surface area is 134 Å². The Bertz CT molecular complexity index is 433. The van der Waals surface area contributed by atoms with Crippen LogP contribution in [-0.4, -0.2) is 16.9 Å². The lowest BCUT2D eigenvalue weighted by molar-refractivity contribution is -0.118. The maximum absolute atomic E-state index is 12.1. The number of anilines is 1. The Hall–Kier alpha value is -0.650. The van der Waals surface area contributed by atoms with E-state index in [4.69, 9.17) is 5.73 Å². The molecule has 0 saturated heterocycles. The van der Waals surface area contributed by atoms with Crippen LogP contribution in [0.4, 0.5) is 5.82 Å². The number of nitrogens with one attached hydrogen (secondary N) is 1. The lowest BCUT2D eigenvalue weighted by Gasteiger charge is -2.29. The Morgan fingerprint density at radius 2 is 2.05 bits per heavy atom. The van der Waals surface area contributed by atoms with Crippen molar-refractivity contribution in [2.75, 3.05) is 5.32 Å². The summed E-state index contributed by atoms with van der Waals surface area (Å²) in [6.07, 6.45) is 6.08. The number of carbonyl (C=O) groups is 1. The van der Waals surface area contributed by atoms with Gasteiger partial charge in [-0.2, -0.15) is 0 Å². The van der Waals surface area contributed by atoms with Crippen LogP contribution in [0.15, 0.2) is 22.8 Å². The predicted octanol–water partition coefficient (Wildman–Crippen LogP) is 3.36. The molecule has 6 heteroatoms. The third-order valence-corrected chi connectivity index (χ3v) is 4.32. The van der Waals surface area contributed by atoms with E-state index in [2.05, 4.69) is 33.2 Å². The minimum atomic E-state index is -0.432. The molecule has 4 nitrogen and oxygen atoms in total. The van der Waals surface area contributed by atoms with Gasteiger partial charge in [-0.25, -0.2) is 4.98 Å². The summed E-state index contributed by atoms with van der Waals surface area (Å²) in [4.78, 5) is 16.2. The summed E-state index contributed by atoms with van der Waals surface area (Å²) in [5, 5.41) is 2.78. The van der Waals surface area contributed by atoms with Gasteiger partial charge in [0.15, 0.2) is 0 Å². The van der Waals surface area contributed by atoms with E-state index in [0.29, 0.717) is 11.7 Å². The van der Waals surface area contributed by atoms with Crippen molar-refractivity contribution in [2.45, 2.75) is 38.6 Å². The van der Waals surface area contributed by atoms with Crippen LogP contribution in [-0.2, 0) is 4.79 Å². The van der Waals surface area contributed by atoms with Gasteiger partial charge in [0.1, 0.15) is 5.82 Å². The fraction of sp³-hybridized carbons (Fsp3) is 0.571. The van der Waals surface area contributed by atoms with E-state index in [1.807, 2.05) is 6.07 Å². The molecule has 1 atom stereocenters. The van der Waals surface area contributed by atoms with Crippen molar-refractivity contribution in [1.29, 1.82) is 0 Å². The van der Waals surface area contributed by atoms with Crippen molar-refractivity contribution in [1.82, 2.24) is 4.98 Å². The van der Waals surface area contributed by atoms with Gasteiger partial charge in [-0.15, -0.1) is 12.4 Å². The third kappa shape index (κ3) is 4.72. The molecule has 1 saturated carbocycles. The van der Waals surface area contributed by atoms with E-state index in [1.54, 1.807) is 12.3 Å². The summed E-state index contributed by atoms with van der Waals surface area (Å²) in [6, 6.07) is 3.17. The molecule has 1 fully saturated rings. The van der Waals surface area contributed by atoms with Gasteiger partial charge in [-0.3, -0.25) is 4.79 Å². The standard InChI is InChI=1S/C14H20BrN3O.ClH/c1-9-2-4-10(5-3-9)13(16)14(19)18-12-7-6-11(15)8-17-12;/h6-10,13H,2-5,16H2,1H3,(H,17,18,19);1H/t9?,10?,13-;/m0./s1. The lowest BCUT2D eigenvalue weighted by Crippen LogP contribution is -2.43. The molecule has 1 aliphatic rings. The maximum Gasteiger partial charge on any atom is 0.242 e. The van der Waals surface area contributed by atoms with Gasteiger partial charge in [0, 0.05) is 10.7 Å². The van der Waals surface area contributed by atoms with Crippen molar-refractivity contribution < 1.29 is 4.79 Å². The molecule has 1 aromatic rings. The van der Waals surface area contributed by atoms with Crippen LogP contribution in [0.25, 0.3) is 0 Å². The topological polar surface area (TPSA) is 68.0 Å². The summed E-state index contributed by atoms with van der Waals surface area (Å²) < 4.78 is 0.885. The fourth-order valence-electron chi connectivity index (χ4n) is 2.52. The van der Waals surface area contributed by atoms with E-state index in [-0.39, 0.29) is 18.3 Å². The van der Waals surface area contributed by atoms with Crippen LogP contribution in [0.2, 0.25) is 0 Å². The molecule has 20 heavy (non-hydrogen) atoms. The Kier molecular flexibility index (Phi) is 6.92. The first-order valence-electron chi connectivity index (χ1n) is 6.74. The molecule has 1 amide bonds. The highest BCUT2D eigenvalue weighted by Gasteiger charge is 2.28. The van der Waals surface area contributed by atoms with Crippen molar-refractivity contribution in [2.24, 2.45) is 17.6 Å². The van der Waals surface area contributed by atoms with Gasteiger partial charge in [0.05, 0.1) is 6.04 Å². The molecule has 1 heterocycles. The molecule has 112 valence electrons. The van der Waals surface area contributed by atoms with Gasteiger partial charge in [-0.05, 0) is 52.7 Å². The molecular formula is C14H21BrClN3O. The number of nitrogens with zero attached hydrogens (tertiary/aromatic N) is 1. The van der Waals surface area contributed by atoms with E-state index in [0.717, 1.165) is 23.2 Å². The summed E-state index contributed by atoms with van der Waals surface area (Å²) in [5.41, 5.74) is 6.07. The molecule has 1 aromatic heterocycles. The van der Waals surface area contributed by atoms with Crippen LogP contribution >= 0.6 is 28.3 Å². The number of nitrogens with two attached hydrogens (primary N) is 1. The summed E-state index contributed by atoms with van der Waals surface area (Å²) in [7, 11) is 0. The van der Waals surface area contributed by atoms with Crippen LogP contribution in [0.5, 0.6) is 0 Å². The van der Waals surface area contributed by atoms with Gasteiger partial charge in [0.2, 0.25) is 5.91 Å². The second-order valence-electron chi connectivity index (χ2n) is 5.40. The number of amides is 1. The van der Waals surface area contributed by atoms with Crippen LogP contribution in [0.3, 0.4) is 0 Å². The number of halogens is 2. The van der Waals surface area contributed by atoms with Crippen molar-refractivity contribution in [3.8, 4) is 0 Å². The SMILES string of the molecule is CC1CCC([C@H](N)C(=O)Nc2ccc(Br)cn2)CC1.Cl. The first kappa shape index (κ1) is 17.4. The molecule has 0 radical (unpaired) electrons. The minimum absolute atomic E-state index is 0. The van der Waals surface area contributed by atoms with Gasteiger partial charge < -0.3 is 11.1 Å². The van der Waals surface area contributed by atoms with Gasteiger partial charge >= 0.3 is 0 Å². The zero-order chi connectivity index (χ0) is 13.8. The Morgan fingerprint density at radius 1 is 1.40 bits per heavy atom. The summed E-state index contributed by atoms with van der Waals surface area (Å²) in [5.74, 6) is 1.48. The van der Waals surface area contributed by atoms with Crippen LogP contribution < -0.4 is 11.1 Å². The zero-order valence-electron chi connectivity index (χ0n) is 11.5. The largest absolute Gasteiger partial charge is 0.320 e. The van der Waals surface area contributed by atoms with Crippen LogP contribution in [0.1, 0.15) is 32.6 Å². The van der Waals surface area contributed by atoms with E-state index >= 15 is 0 Å².